The van der Waals surface area contributed by atoms with E-state index in [0.29, 0.717) is 9.13 Å². The summed E-state index contributed by atoms with van der Waals surface area (Å²) in [6.45, 7) is -0.236. The summed E-state index contributed by atoms with van der Waals surface area (Å²) in [4.78, 5) is 3.52. The van der Waals surface area contributed by atoms with E-state index in [9.17, 15) is 8.78 Å². The molecule has 12 heavy (non-hydrogen) atoms. The van der Waals surface area contributed by atoms with Crippen LogP contribution in [0.2, 0.25) is 0 Å². The van der Waals surface area contributed by atoms with Gasteiger partial charge >= 0.3 is 0 Å². The minimum absolute atomic E-state index is 0.236. The molecule has 1 rings (SSSR count). The number of hydrogen-bond acceptors (Lipinski definition) is 2. The first-order chi connectivity index (χ1) is 5.66. The van der Waals surface area contributed by atoms with Gasteiger partial charge in [0.25, 0.3) is 6.43 Å². The highest BCUT2D eigenvalue weighted by Gasteiger charge is 2.14. The maximum atomic E-state index is 12.2. The van der Waals surface area contributed by atoms with E-state index in [0.717, 1.165) is 0 Å². The van der Waals surface area contributed by atoms with Gasteiger partial charge < -0.3 is 5.11 Å². The summed E-state index contributed by atoms with van der Waals surface area (Å²) in [7, 11) is 0. The third-order valence-electron chi connectivity index (χ3n) is 1.37. The number of alkyl halides is 2. The molecule has 66 valence electrons. The van der Waals surface area contributed by atoms with Crippen LogP contribution < -0.4 is 0 Å². The SMILES string of the molecule is OCc1ccnc(C(F)F)c1I. The molecule has 0 aliphatic heterocycles. The van der Waals surface area contributed by atoms with Crippen LogP contribution in [0.5, 0.6) is 0 Å². The fraction of sp³-hybridized carbons (Fsp3) is 0.286. The van der Waals surface area contributed by atoms with Gasteiger partial charge in [0.2, 0.25) is 0 Å². The van der Waals surface area contributed by atoms with E-state index in [-0.39, 0.29) is 12.3 Å². The van der Waals surface area contributed by atoms with E-state index in [2.05, 4.69) is 4.98 Å². The molecule has 0 fully saturated rings. The number of pyridine rings is 1. The predicted molar refractivity (Wildman–Crippen MR) is 47.8 cm³/mol. The fourth-order valence-corrected chi connectivity index (χ4v) is 1.50. The summed E-state index contributed by atoms with van der Waals surface area (Å²) >= 11 is 1.75. The first kappa shape index (κ1) is 9.79. The molecule has 0 bridgehead atoms. The molecular weight excluding hydrogens is 279 g/mol. The summed E-state index contributed by atoms with van der Waals surface area (Å²) in [5.74, 6) is 0. The van der Waals surface area contributed by atoms with E-state index in [1.807, 2.05) is 0 Å². The van der Waals surface area contributed by atoms with Crippen LogP contribution >= 0.6 is 22.6 Å². The standard InChI is InChI=1S/C7H6F2INO/c8-7(9)6-5(10)4(3-12)1-2-11-6/h1-2,7,12H,3H2. The Labute approximate surface area is 81.8 Å². The first-order valence-corrected chi connectivity index (χ1v) is 4.27. The van der Waals surface area contributed by atoms with Gasteiger partial charge in [0.1, 0.15) is 5.69 Å². The zero-order valence-electron chi connectivity index (χ0n) is 5.97. The Morgan fingerprint density at radius 3 is 2.75 bits per heavy atom. The predicted octanol–water partition coefficient (Wildman–Crippen LogP) is 2.12. The van der Waals surface area contributed by atoms with Gasteiger partial charge in [0, 0.05) is 9.77 Å². The highest BCUT2D eigenvalue weighted by atomic mass is 127. The summed E-state index contributed by atoms with van der Waals surface area (Å²) in [5, 5.41) is 8.75. The maximum absolute atomic E-state index is 12.2. The normalized spacial score (nSPS) is 10.8. The Morgan fingerprint density at radius 1 is 1.58 bits per heavy atom. The minimum atomic E-state index is -2.58. The molecule has 0 aliphatic rings. The smallest absolute Gasteiger partial charge is 0.281 e. The Morgan fingerprint density at radius 2 is 2.25 bits per heavy atom. The van der Waals surface area contributed by atoms with E-state index in [1.54, 1.807) is 22.6 Å². The molecule has 1 aromatic rings. The van der Waals surface area contributed by atoms with Crippen LogP contribution in [0.4, 0.5) is 8.78 Å². The van der Waals surface area contributed by atoms with Crippen molar-refractivity contribution in [2.75, 3.05) is 0 Å². The van der Waals surface area contributed by atoms with E-state index < -0.39 is 6.43 Å². The number of nitrogens with zero attached hydrogens (tertiary/aromatic N) is 1. The second kappa shape index (κ2) is 4.08. The van der Waals surface area contributed by atoms with Gasteiger partial charge in [0.15, 0.2) is 0 Å². The van der Waals surface area contributed by atoms with Gasteiger partial charge in [0.05, 0.1) is 6.61 Å². The van der Waals surface area contributed by atoms with Crippen LogP contribution in [-0.4, -0.2) is 10.1 Å². The molecule has 0 aliphatic carbocycles. The largest absolute Gasteiger partial charge is 0.392 e. The third kappa shape index (κ3) is 1.89. The molecule has 0 aromatic carbocycles. The minimum Gasteiger partial charge on any atom is -0.392 e. The molecule has 1 N–H and O–H groups in total. The van der Waals surface area contributed by atoms with Crippen molar-refractivity contribution in [3.8, 4) is 0 Å². The summed E-state index contributed by atoms with van der Waals surface area (Å²) in [5.41, 5.74) is 0.225. The Hall–Kier alpha value is -0.300. The van der Waals surface area contributed by atoms with Crippen LogP contribution in [0, 0.1) is 3.57 Å². The van der Waals surface area contributed by atoms with Gasteiger partial charge in [-0.1, -0.05) is 0 Å². The molecule has 0 atom stereocenters. The van der Waals surface area contributed by atoms with Crippen molar-refractivity contribution in [3.63, 3.8) is 0 Å². The zero-order valence-corrected chi connectivity index (χ0v) is 8.12. The lowest BCUT2D eigenvalue weighted by Gasteiger charge is -2.05. The van der Waals surface area contributed by atoms with Crippen molar-refractivity contribution in [1.29, 1.82) is 0 Å². The van der Waals surface area contributed by atoms with Gasteiger partial charge in [-0.05, 0) is 34.2 Å². The molecule has 0 unspecified atom stereocenters. The molecular formula is C7H6F2INO. The molecule has 1 heterocycles. The van der Waals surface area contributed by atoms with E-state index in [1.165, 1.54) is 12.3 Å². The molecule has 2 nitrogen and oxygen atoms in total. The molecule has 0 saturated carbocycles. The van der Waals surface area contributed by atoms with Gasteiger partial charge in [-0.15, -0.1) is 0 Å². The summed E-state index contributed by atoms with van der Waals surface area (Å²) in [6.07, 6.45) is -1.31. The average Bonchev–Trinajstić information content (AvgIpc) is 2.04. The van der Waals surface area contributed by atoms with Crippen LogP contribution in [-0.2, 0) is 6.61 Å². The van der Waals surface area contributed by atoms with E-state index in [4.69, 9.17) is 5.11 Å². The fourth-order valence-electron chi connectivity index (χ4n) is 0.776. The van der Waals surface area contributed by atoms with Crippen molar-refractivity contribution in [3.05, 3.63) is 27.1 Å². The quantitative estimate of drug-likeness (QED) is 0.844. The van der Waals surface area contributed by atoms with Crippen molar-refractivity contribution >= 4 is 22.6 Å². The lowest BCUT2D eigenvalue weighted by Crippen LogP contribution is -1.98. The Bertz CT molecular complexity index is 280. The third-order valence-corrected chi connectivity index (χ3v) is 2.62. The lowest BCUT2D eigenvalue weighted by atomic mass is 10.2. The number of aliphatic hydroxyl groups is 1. The van der Waals surface area contributed by atoms with Crippen molar-refractivity contribution in [1.82, 2.24) is 4.98 Å². The number of aromatic nitrogens is 1. The monoisotopic (exact) mass is 285 g/mol. The number of rotatable bonds is 2. The molecule has 1 aromatic heterocycles. The van der Waals surface area contributed by atoms with E-state index >= 15 is 0 Å². The second-order valence-electron chi connectivity index (χ2n) is 2.13. The van der Waals surface area contributed by atoms with Crippen molar-refractivity contribution in [2.45, 2.75) is 13.0 Å². The first-order valence-electron chi connectivity index (χ1n) is 3.19. The maximum Gasteiger partial charge on any atom is 0.281 e. The van der Waals surface area contributed by atoms with Crippen LogP contribution in [0.3, 0.4) is 0 Å². The molecule has 0 saturated heterocycles. The topological polar surface area (TPSA) is 33.1 Å². The Kier molecular flexibility index (Phi) is 3.33. The summed E-state index contributed by atoms with van der Waals surface area (Å²) < 4.78 is 24.7. The molecule has 0 spiro atoms. The van der Waals surface area contributed by atoms with Gasteiger partial charge in [-0.3, -0.25) is 4.98 Å². The van der Waals surface area contributed by atoms with Crippen molar-refractivity contribution in [2.24, 2.45) is 0 Å². The van der Waals surface area contributed by atoms with Gasteiger partial charge in [-0.25, -0.2) is 8.78 Å². The highest BCUT2D eigenvalue weighted by Crippen LogP contribution is 2.24. The molecule has 0 amide bonds. The number of halogens is 3. The van der Waals surface area contributed by atoms with Crippen LogP contribution in [0.1, 0.15) is 17.7 Å². The average molecular weight is 285 g/mol. The van der Waals surface area contributed by atoms with Crippen LogP contribution in [0.25, 0.3) is 0 Å². The molecule has 0 radical (unpaired) electrons. The zero-order chi connectivity index (χ0) is 9.14. The summed E-state index contributed by atoms with van der Waals surface area (Å²) in [6, 6.07) is 1.52. The lowest BCUT2D eigenvalue weighted by molar-refractivity contribution is 0.144. The Balaban J connectivity index is 3.14. The second-order valence-corrected chi connectivity index (χ2v) is 3.21. The number of aliphatic hydroxyl groups excluding tert-OH is 1. The van der Waals surface area contributed by atoms with Gasteiger partial charge in [-0.2, -0.15) is 0 Å². The van der Waals surface area contributed by atoms with Crippen molar-refractivity contribution < 1.29 is 13.9 Å². The van der Waals surface area contributed by atoms with Crippen LogP contribution in [0.15, 0.2) is 12.3 Å². The number of hydrogen-bond donors (Lipinski definition) is 1. The highest BCUT2D eigenvalue weighted by molar-refractivity contribution is 14.1. The molecule has 5 heteroatoms.